The van der Waals surface area contributed by atoms with Crippen molar-refractivity contribution in [3.8, 4) is 0 Å². The molecule has 2 unspecified atom stereocenters. The summed E-state index contributed by atoms with van der Waals surface area (Å²) >= 11 is 0. The number of likely N-dealkylation sites (tertiary alicyclic amines) is 1. The van der Waals surface area contributed by atoms with Crippen LogP contribution in [0.5, 0.6) is 0 Å². The first-order valence-electron chi connectivity index (χ1n) is 15.3. The van der Waals surface area contributed by atoms with Crippen molar-refractivity contribution < 1.29 is 14.4 Å². The Morgan fingerprint density at radius 1 is 1.05 bits per heavy atom. The molecule has 4 fully saturated rings. The lowest BCUT2D eigenvalue weighted by molar-refractivity contribution is -0.134. The van der Waals surface area contributed by atoms with E-state index in [-0.39, 0.29) is 18.2 Å². The van der Waals surface area contributed by atoms with Crippen LogP contribution in [0.3, 0.4) is 0 Å². The quantitative estimate of drug-likeness (QED) is 0.447. The molecule has 1 aromatic heterocycles. The highest BCUT2D eigenvalue weighted by Crippen LogP contribution is 2.53. The van der Waals surface area contributed by atoms with Crippen LogP contribution in [0.4, 0.5) is 5.69 Å². The maximum Gasteiger partial charge on any atom is 0.259 e. The zero-order valence-corrected chi connectivity index (χ0v) is 23.7. The normalized spacial score (nSPS) is 26.5. The minimum Gasteiger partial charge on any atom is -0.297 e. The van der Waals surface area contributed by atoms with Gasteiger partial charge in [-0.3, -0.25) is 34.2 Å². The first-order valence-corrected chi connectivity index (χ1v) is 15.3. The summed E-state index contributed by atoms with van der Waals surface area (Å²) in [4.78, 5) is 42.2. The number of aromatic nitrogens is 2. The van der Waals surface area contributed by atoms with Crippen LogP contribution in [0.25, 0.3) is 10.8 Å². The van der Waals surface area contributed by atoms with Crippen LogP contribution in [0.1, 0.15) is 92.2 Å². The van der Waals surface area contributed by atoms with Gasteiger partial charge in [-0.25, -0.2) is 0 Å². The molecule has 3 aliphatic heterocycles. The second-order valence-electron chi connectivity index (χ2n) is 13.6. The van der Waals surface area contributed by atoms with Gasteiger partial charge in [0, 0.05) is 48.6 Å². The van der Waals surface area contributed by atoms with Crippen LogP contribution in [0, 0.1) is 5.41 Å². The Balaban J connectivity index is 1.02. The summed E-state index contributed by atoms with van der Waals surface area (Å²) < 4.78 is 2.21. The summed E-state index contributed by atoms with van der Waals surface area (Å²) in [6.45, 7) is 4.90. The molecule has 2 saturated heterocycles. The molecule has 2 saturated carbocycles. The van der Waals surface area contributed by atoms with E-state index in [4.69, 9.17) is 5.10 Å². The zero-order valence-electron chi connectivity index (χ0n) is 23.7. The maximum absolute atomic E-state index is 13.5. The molecular weight excluding hydrogens is 514 g/mol. The molecule has 1 N–H and O–H groups in total. The van der Waals surface area contributed by atoms with Gasteiger partial charge in [0.05, 0.1) is 17.9 Å². The minimum absolute atomic E-state index is 0.170. The smallest absolute Gasteiger partial charge is 0.259 e. The number of carbonyl (C=O) groups is 3. The van der Waals surface area contributed by atoms with Crippen molar-refractivity contribution in [3.63, 3.8) is 0 Å². The third kappa shape index (κ3) is 4.05. The van der Waals surface area contributed by atoms with E-state index in [1.54, 1.807) is 4.90 Å². The van der Waals surface area contributed by atoms with Gasteiger partial charge in [-0.15, -0.1) is 0 Å². The van der Waals surface area contributed by atoms with Crippen molar-refractivity contribution in [1.82, 2.24) is 20.0 Å². The number of carbonyl (C=O) groups excluding carboxylic acids is 3. The number of anilines is 1. The van der Waals surface area contributed by atoms with Gasteiger partial charge in [-0.1, -0.05) is 31.5 Å². The van der Waals surface area contributed by atoms with Crippen LogP contribution in [0.15, 0.2) is 42.7 Å². The molecule has 5 aliphatic rings. The Hall–Kier alpha value is -3.52. The van der Waals surface area contributed by atoms with Crippen molar-refractivity contribution in [1.29, 1.82) is 0 Å². The van der Waals surface area contributed by atoms with Gasteiger partial charge >= 0.3 is 0 Å². The molecular formula is C33H37N5O3. The van der Waals surface area contributed by atoms with E-state index < -0.39 is 11.9 Å². The van der Waals surface area contributed by atoms with E-state index in [1.807, 2.05) is 24.4 Å². The molecule has 212 valence electrons. The fraction of sp³-hybridized carbons (Fsp3) is 0.515. The molecule has 8 heteroatoms. The SMILES string of the molecule is CC1(CN2CCC(n3cc(Cc4ccc5c6c(cccc46)C(=O)N5C4CCC(=O)NC4=O)cn3)CC23CC3)CCC1. The van der Waals surface area contributed by atoms with E-state index >= 15 is 0 Å². The van der Waals surface area contributed by atoms with Gasteiger partial charge in [-0.2, -0.15) is 5.10 Å². The second kappa shape index (κ2) is 8.99. The largest absolute Gasteiger partial charge is 0.297 e. The molecule has 0 bridgehead atoms. The molecule has 2 aromatic carbocycles. The van der Waals surface area contributed by atoms with E-state index in [1.165, 1.54) is 57.2 Å². The molecule has 8 nitrogen and oxygen atoms in total. The van der Waals surface area contributed by atoms with Gasteiger partial charge < -0.3 is 0 Å². The average molecular weight is 552 g/mol. The topological polar surface area (TPSA) is 87.5 Å². The number of nitrogens with one attached hydrogen (secondary N) is 1. The Morgan fingerprint density at radius 2 is 1.90 bits per heavy atom. The third-order valence-electron chi connectivity index (χ3n) is 10.7. The summed E-state index contributed by atoms with van der Waals surface area (Å²) in [5.74, 6) is -0.850. The molecule has 3 amide bonds. The molecule has 0 radical (unpaired) electrons. The fourth-order valence-corrected chi connectivity index (χ4v) is 8.10. The first-order chi connectivity index (χ1) is 19.8. The molecule has 2 atom stereocenters. The van der Waals surface area contributed by atoms with Crippen molar-refractivity contribution in [2.75, 3.05) is 18.0 Å². The second-order valence-corrected chi connectivity index (χ2v) is 13.6. The van der Waals surface area contributed by atoms with Crippen LogP contribution >= 0.6 is 0 Å². The van der Waals surface area contributed by atoms with Gasteiger partial charge in [0.2, 0.25) is 11.8 Å². The number of amides is 3. The lowest BCUT2D eigenvalue weighted by atomic mass is 9.69. The van der Waals surface area contributed by atoms with Crippen LogP contribution < -0.4 is 10.2 Å². The Labute approximate surface area is 240 Å². The number of imide groups is 1. The Bertz CT molecular complexity index is 1600. The van der Waals surface area contributed by atoms with Crippen molar-refractivity contribution in [2.45, 2.75) is 88.8 Å². The number of benzene rings is 2. The summed E-state index contributed by atoms with van der Waals surface area (Å²) in [5.41, 5.74) is 4.62. The molecule has 1 spiro atoms. The average Bonchev–Trinajstić information content (AvgIpc) is 3.44. The Kier molecular flexibility index (Phi) is 5.53. The lowest BCUT2D eigenvalue weighted by Gasteiger charge is -2.48. The van der Waals surface area contributed by atoms with Crippen LogP contribution in [-0.2, 0) is 16.0 Å². The number of hydrogen-bond donors (Lipinski definition) is 1. The molecule has 41 heavy (non-hydrogen) atoms. The first kappa shape index (κ1) is 25.2. The van der Waals surface area contributed by atoms with E-state index in [2.05, 4.69) is 40.2 Å². The van der Waals surface area contributed by atoms with Gasteiger partial charge in [-0.05, 0) is 79.0 Å². The number of hydrogen-bond acceptors (Lipinski definition) is 5. The highest BCUT2D eigenvalue weighted by atomic mass is 16.2. The van der Waals surface area contributed by atoms with Crippen LogP contribution in [-0.4, -0.2) is 57.1 Å². The highest BCUT2D eigenvalue weighted by Gasteiger charge is 2.53. The number of nitrogens with zero attached hydrogens (tertiary/aromatic N) is 4. The van der Waals surface area contributed by atoms with Crippen LogP contribution in [0.2, 0.25) is 0 Å². The lowest BCUT2D eigenvalue weighted by Crippen LogP contribution is -2.53. The van der Waals surface area contributed by atoms with Crippen molar-refractivity contribution >= 4 is 34.2 Å². The standard InChI is InChI=1S/C33H37N5O3/c1-32(11-3-12-32)20-36-15-10-23(17-33(36)13-14-33)37-19-21(18-34-37)16-22-6-7-26-29-24(22)4-2-5-25(29)31(41)38(26)27-8-9-28(39)35-30(27)40/h2,4-7,18-19,23,27H,3,8-17,20H2,1H3,(H,35,39,40). The van der Waals surface area contributed by atoms with E-state index in [0.29, 0.717) is 29.0 Å². The summed E-state index contributed by atoms with van der Waals surface area (Å²) in [5, 5.41) is 9.18. The van der Waals surface area contributed by atoms with Gasteiger partial charge in [0.15, 0.2) is 0 Å². The monoisotopic (exact) mass is 551 g/mol. The van der Waals surface area contributed by atoms with E-state index in [9.17, 15) is 14.4 Å². The number of rotatable bonds is 6. The minimum atomic E-state index is -0.669. The predicted octanol–water partition coefficient (Wildman–Crippen LogP) is 4.75. The fourth-order valence-electron chi connectivity index (χ4n) is 8.10. The van der Waals surface area contributed by atoms with Crippen molar-refractivity contribution in [3.05, 3.63) is 59.4 Å². The number of piperidine rings is 2. The van der Waals surface area contributed by atoms with E-state index in [0.717, 1.165) is 34.9 Å². The summed E-state index contributed by atoms with van der Waals surface area (Å²) in [6, 6.07) is 9.66. The molecule has 4 heterocycles. The molecule has 2 aliphatic carbocycles. The zero-order chi connectivity index (χ0) is 27.9. The van der Waals surface area contributed by atoms with Gasteiger partial charge in [0.25, 0.3) is 5.91 Å². The molecule has 8 rings (SSSR count). The summed E-state index contributed by atoms with van der Waals surface area (Å²) in [6.07, 6.45) is 14.7. The highest BCUT2D eigenvalue weighted by molar-refractivity contribution is 6.27. The third-order valence-corrected chi connectivity index (χ3v) is 10.7. The van der Waals surface area contributed by atoms with Gasteiger partial charge in [0.1, 0.15) is 6.04 Å². The summed E-state index contributed by atoms with van der Waals surface area (Å²) in [7, 11) is 0. The predicted molar refractivity (Wildman–Crippen MR) is 156 cm³/mol. The van der Waals surface area contributed by atoms with Crippen molar-refractivity contribution in [2.24, 2.45) is 5.41 Å². The Morgan fingerprint density at radius 3 is 2.66 bits per heavy atom. The molecule has 3 aromatic rings. The maximum atomic E-state index is 13.5.